The first kappa shape index (κ1) is 17.7. The van der Waals surface area contributed by atoms with Gasteiger partial charge in [0.25, 0.3) is 0 Å². The zero-order valence-corrected chi connectivity index (χ0v) is 15.3. The van der Waals surface area contributed by atoms with Gasteiger partial charge in [0.2, 0.25) is 5.91 Å². The molecule has 2 saturated heterocycles. The number of halogens is 1. The van der Waals surface area contributed by atoms with Crippen LogP contribution in [-0.2, 0) is 19.7 Å². The van der Waals surface area contributed by atoms with Crippen LogP contribution >= 0.6 is 11.6 Å². The fourth-order valence-corrected chi connectivity index (χ4v) is 4.12. The molecule has 0 saturated carbocycles. The van der Waals surface area contributed by atoms with Crippen LogP contribution in [0.1, 0.15) is 38.7 Å². The van der Waals surface area contributed by atoms with Gasteiger partial charge in [-0.2, -0.15) is 0 Å². The van der Waals surface area contributed by atoms with Crippen LogP contribution in [0.15, 0.2) is 24.3 Å². The van der Waals surface area contributed by atoms with Gasteiger partial charge in [0.1, 0.15) is 0 Å². The molecule has 0 aliphatic carbocycles. The van der Waals surface area contributed by atoms with Crippen LogP contribution in [0, 0.1) is 0 Å². The average Bonchev–Trinajstić information content (AvgIpc) is 2.55. The molecular formula is C19H26ClNO3. The lowest BCUT2D eigenvalue weighted by atomic mass is 9.67. The van der Waals surface area contributed by atoms with E-state index < -0.39 is 0 Å². The Labute approximate surface area is 149 Å². The highest BCUT2D eigenvalue weighted by Gasteiger charge is 2.44. The van der Waals surface area contributed by atoms with Crippen molar-refractivity contribution in [1.29, 1.82) is 0 Å². The number of hydrogen-bond donors (Lipinski definition) is 0. The summed E-state index contributed by atoms with van der Waals surface area (Å²) in [6.45, 7) is 7.53. The van der Waals surface area contributed by atoms with Crippen molar-refractivity contribution in [2.75, 3.05) is 32.9 Å². The summed E-state index contributed by atoms with van der Waals surface area (Å²) in [6, 6.07) is 7.97. The second-order valence-electron chi connectivity index (χ2n) is 7.49. The molecule has 2 aliphatic heterocycles. The lowest BCUT2D eigenvalue weighted by Crippen LogP contribution is -2.48. The third kappa shape index (κ3) is 3.93. The van der Waals surface area contributed by atoms with Crippen LogP contribution in [-0.4, -0.2) is 49.3 Å². The Bertz CT molecular complexity index is 581. The highest BCUT2D eigenvalue weighted by Crippen LogP contribution is 2.44. The normalized spacial score (nSPS) is 27.0. The fraction of sp³-hybridized carbons (Fsp3) is 0.632. The maximum absolute atomic E-state index is 12.9. The van der Waals surface area contributed by atoms with E-state index in [-0.39, 0.29) is 16.9 Å². The zero-order chi connectivity index (χ0) is 17.2. The van der Waals surface area contributed by atoms with Gasteiger partial charge in [-0.3, -0.25) is 4.79 Å². The predicted molar refractivity (Wildman–Crippen MR) is 94.4 cm³/mol. The number of rotatable bonds is 3. The molecule has 5 heteroatoms. The molecule has 1 aromatic rings. The van der Waals surface area contributed by atoms with E-state index in [1.807, 2.05) is 17.0 Å². The molecule has 3 rings (SSSR count). The molecule has 0 bridgehead atoms. The second-order valence-corrected chi connectivity index (χ2v) is 7.93. The number of morpholine rings is 1. The molecule has 132 valence electrons. The van der Waals surface area contributed by atoms with Crippen molar-refractivity contribution in [1.82, 2.24) is 4.90 Å². The molecule has 1 unspecified atom stereocenters. The third-order valence-corrected chi connectivity index (χ3v) is 5.40. The number of benzene rings is 1. The number of nitrogens with zero attached hydrogens (tertiary/aromatic N) is 1. The van der Waals surface area contributed by atoms with Crippen LogP contribution in [0.4, 0.5) is 0 Å². The Kier molecular flexibility index (Phi) is 5.19. The van der Waals surface area contributed by atoms with Gasteiger partial charge >= 0.3 is 0 Å². The Morgan fingerprint density at radius 2 is 1.83 bits per heavy atom. The largest absolute Gasteiger partial charge is 0.378 e. The summed E-state index contributed by atoms with van der Waals surface area (Å²) in [4.78, 5) is 14.9. The Morgan fingerprint density at radius 1 is 1.17 bits per heavy atom. The quantitative estimate of drug-likeness (QED) is 0.837. The van der Waals surface area contributed by atoms with E-state index in [9.17, 15) is 4.79 Å². The number of carbonyl (C=O) groups is 1. The van der Waals surface area contributed by atoms with Crippen molar-refractivity contribution in [3.63, 3.8) is 0 Å². The van der Waals surface area contributed by atoms with Gasteiger partial charge in [-0.25, -0.2) is 0 Å². The predicted octanol–water partition coefficient (Wildman–Crippen LogP) is 3.42. The van der Waals surface area contributed by atoms with Gasteiger partial charge in [0.15, 0.2) is 0 Å². The van der Waals surface area contributed by atoms with E-state index in [0.29, 0.717) is 39.3 Å². The van der Waals surface area contributed by atoms with Crippen LogP contribution in [0.3, 0.4) is 0 Å². The molecule has 1 amide bonds. The van der Waals surface area contributed by atoms with Crippen molar-refractivity contribution in [2.45, 2.75) is 44.1 Å². The van der Waals surface area contributed by atoms with E-state index in [0.717, 1.165) is 17.9 Å². The molecular weight excluding hydrogens is 326 g/mol. The number of carbonyl (C=O) groups excluding carboxylic acids is 1. The molecule has 1 atom stereocenters. The van der Waals surface area contributed by atoms with E-state index in [1.165, 1.54) is 5.56 Å². The van der Waals surface area contributed by atoms with Crippen molar-refractivity contribution in [3.05, 3.63) is 34.9 Å². The zero-order valence-electron chi connectivity index (χ0n) is 14.5. The van der Waals surface area contributed by atoms with Gasteiger partial charge in [0, 0.05) is 36.6 Å². The summed E-state index contributed by atoms with van der Waals surface area (Å²) in [7, 11) is 0. The van der Waals surface area contributed by atoms with Gasteiger partial charge in [-0.05, 0) is 44.4 Å². The number of hydrogen-bond acceptors (Lipinski definition) is 3. The summed E-state index contributed by atoms with van der Waals surface area (Å²) in [6.07, 6.45) is 2.20. The molecule has 0 spiro atoms. The molecule has 2 fully saturated rings. The van der Waals surface area contributed by atoms with Crippen molar-refractivity contribution < 1.29 is 14.3 Å². The van der Waals surface area contributed by atoms with Crippen LogP contribution in [0.2, 0.25) is 5.02 Å². The van der Waals surface area contributed by atoms with Crippen LogP contribution < -0.4 is 0 Å². The minimum atomic E-state index is -0.233. The summed E-state index contributed by atoms with van der Waals surface area (Å²) in [5.74, 6) is 0.214. The SMILES string of the molecule is CC1(C)CC(CC(=O)N2CCOCC2)(c2ccc(Cl)cc2)CCO1. The first-order chi connectivity index (χ1) is 11.4. The lowest BCUT2D eigenvalue weighted by molar-refractivity contribution is -0.140. The second kappa shape index (κ2) is 7.03. The van der Waals surface area contributed by atoms with Crippen LogP contribution in [0.25, 0.3) is 0 Å². The summed E-state index contributed by atoms with van der Waals surface area (Å²) >= 11 is 6.07. The first-order valence-electron chi connectivity index (χ1n) is 8.66. The standard InChI is InChI=1S/C19H26ClNO3/c1-18(2)14-19(7-10-24-18,15-3-5-16(20)6-4-15)13-17(22)21-8-11-23-12-9-21/h3-6H,7-14H2,1-2H3. The topological polar surface area (TPSA) is 38.8 Å². The minimum absolute atomic E-state index is 0.193. The molecule has 1 aromatic carbocycles. The van der Waals surface area contributed by atoms with Gasteiger partial charge in [-0.15, -0.1) is 0 Å². The van der Waals surface area contributed by atoms with Crippen molar-refractivity contribution >= 4 is 17.5 Å². The van der Waals surface area contributed by atoms with Gasteiger partial charge in [0.05, 0.1) is 18.8 Å². The molecule has 2 aliphatic rings. The number of amides is 1. The monoisotopic (exact) mass is 351 g/mol. The molecule has 24 heavy (non-hydrogen) atoms. The Balaban J connectivity index is 1.87. The molecule has 0 aromatic heterocycles. The molecule has 0 radical (unpaired) electrons. The average molecular weight is 352 g/mol. The molecule has 0 N–H and O–H groups in total. The summed E-state index contributed by atoms with van der Waals surface area (Å²) in [5.41, 5.74) is 0.759. The van der Waals surface area contributed by atoms with Crippen molar-refractivity contribution in [3.8, 4) is 0 Å². The maximum Gasteiger partial charge on any atom is 0.223 e. The van der Waals surface area contributed by atoms with Gasteiger partial charge < -0.3 is 14.4 Å². The molecule has 4 nitrogen and oxygen atoms in total. The summed E-state index contributed by atoms with van der Waals surface area (Å²) in [5, 5.41) is 0.722. The Morgan fingerprint density at radius 3 is 2.46 bits per heavy atom. The molecule has 2 heterocycles. The smallest absolute Gasteiger partial charge is 0.223 e. The first-order valence-corrected chi connectivity index (χ1v) is 9.04. The fourth-order valence-electron chi connectivity index (χ4n) is 3.99. The van der Waals surface area contributed by atoms with Crippen molar-refractivity contribution in [2.24, 2.45) is 0 Å². The maximum atomic E-state index is 12.9. The van der Waals surface area contributed by atoms with E-state index in [1.54, 1.807) is 0 Å². The van der Waals surface area contributed by atoms with Crippen LogP contribution in [0.5, 0.6) is 0 Å². The van der Waals surface area contributed by atoms with E-state index >= 15 is 0 Å². The summed E-state index contributed by atoms with van der Waals surface area (Å²) < 4.78 is 11.3. The van der Waals surface area contributed by atoms with E-state index in [2.05, 4.69) is 26.0 Å². The lowest BCUT2D eigenvalue weighted by Gasteiger charge is -2.46. The Hall–Kier alpha value is -1.10. The van der Waals surface area contributed by atoms with E-state index in [4.69, 9.17) is 21.1 Å². The minimum Gasteiger partial charge on any atom is -0.378 e. The third-order valence-electron chi connectivity index (χ3n) is 5.15. The highest BCUT2D eigenvalue weighted by molar-refractivity contribution is 6.30. The highest BCUT2D eigenvalue weighted by atomic mass is 35.5. The van der Waals surface area contributed by atoms with Gasteiger partial charge in [-0.1, -0.05) is 23.7 Å². The number of ether oxygens (including phenoxy) is 2.